The number of nitriles is 1. The lowest BCUT2D eigenvalue weighted by atomic mass is 9.93. The van der Waals surface area contributed by atoms with Crippen LogP contribution in [-0.4, -0.2) is 35.6 Å². The number of nitrogens with one attached hydrogen (secondary N) is 1. The molecule has 0 heterocycles. The Hall–Kier alpha value is -0.590. The highest BCUT2D eigenvalue weighted by Crippen LogP contribution is 2.36. The van der Waals surface area contributed by atoms with E-state index >= 15 is 0 Å². The lowest BCUT2D eigenvalue weighted by Crippen LogP contribution is -2.49. The first-order valence-electron chi connectivity index (χ1n) is 7.36. The number of hydrogen-bond donors (Lipinski definition) is 1. The summed E-state index contributed by atoms with van der Waals surface area (Å²) < 4.78 is 0. The van der Waals surface area contributed by atoms with Gasteiger partial charge in [-0.3, -0.25) is 5.32 Å². The lowest BCUT2D eigenvalue weighted by molar-refractivity contribution is 0.151. The van der Waals surface area contributed by atoms with Crippen LogP contribution in [-0.2, 0) is 0 Å². The van der Waals surface area contributed by atoms with Crippen molar-refractivity contribution in [1.29, 1.82) is 5.26 Å². The van der Waals surface area contributed by atoms with Gasteiger partial charge < -0.3 is 4.90 Å². The molecule has 2 rings (SSSR count). The van der Waals surface area contributed by atoms with Crippen LogP contribution in [0, 0.1) is 17.2 Å². The molecule has 0 aliphatic heterocycles. The highest BCUT2D eigenvalue weighted by atomic mass is 15.2. The predicted octanol–water partition coefficient (Wildman–Crippen LogP) is 2.53. The molecule has 0 amide bonds. The molecule has 3 nitrogen and oxygen atoms in total. The van der Waals surface area contributed by atoms with E-state index in [2.05, 4.69) is 44.1 Å². The van der Waals surface area contributed by atoms with Crippen LogP contribution in [0.5, 0.6) is 0 Å². The molecule has 2 fully saturated rings. The van der Waals surface area contributed by atoms with E-state index in [4.69, 9.17) is 0 Å². The third kappa shape index (κ3) is 3.46. The first-order valence-corrected chi connectivity index (χ1v) is 7.36. The molecule has 18 heavy (non-hydrogen) atoms. The molecular weight excluding hydrogens is 222 g/mol. The fourth-order valence-corrected chi connectivity index (χ4v) is 2.86. The van der Waals surface area contributed by atoms with Crippen LogP contribution in [0.2, 0.25) is 0 Å². The van der Waals surface area contributed by atoms with Crippen molar-refractivity contribution in [3.63, 3.8) is 0 Å². The van der Waals surface area contributed by atoms with Gasteiger partial charge in [-0.05, 0) is 65.8 Å². The monoisotopic (exact) mass is 249 g/mol. The van der Waals surface area contributed by atoms with E-state index in [1.807, 2.05) is 0 Å². The Bertz CT molecular complexity index is 327. The van der Waals surface area contributed by atoms with Gasteiger partial charge in [0.1, 0.15) is 5.54 Å². The first-order chi connectivity index (χ1) is 8.45. The summed E-state index contributed by atoms with van der Waals surface area (Å²) in [7, 11) is 2.21. The Kier molecular flexibility index (Phi) is 3.99. The van der Waals surface area contributed by atoms with E-state index in [-0.39, 0.29) is 5.54 Å². The minimum atomic E-state index is -0.363. The molecule has 0 aromatic rings. The zero-order valence-electron chi connectivity index (χ0n) is 12.2. The first kappa shape index (κ1) is 13.8. The second-order valence-electron chi connectivity index (χ2n) is 6.66. The maximum absolute atomic E-state index is 9.42. The van der Waals surface area contributed by atoms with Gasteiger partial charge in [0.2, 0.25) is 0 Å². The van der Waals surface area contributed by atoms with Crippen LogP contribution < -0.4 is 5.32 Å². The average Bonchev–Trinajstić information content (AvgIpc) is 3.19. The summed E-state index contributed by atoms with van der Waals surface area (Å²) >= 11 is 0. The molecular formula is C15H27N3. The van der Waals surface area contributed by atoms with Gasteiger partial charge in [-0.2, -0.15) is 5.26 Å². The van der Waals surface area contributed by atoms with E-state index in [0.29, 0.717) is 18.1 Å². The van der Waals surface area contributed by atoms with Crippen molar-refractivity contribution < 1.29 is 0 Å². The van der Waals surface area contributed by atoms with Crippen molar-refractivity contribution in [2.45, 2.75) is 76.5 Å². The van der Waals surface area contributed by atoms with Crippen molar-refractivity contribution in [3.8, 4) is 6.07 Å². The standard InChI is InChI=1S/C15H27N3/c1-11(18(4)12(2)13-5-6-13)9-15(3,10-16)17-14-7-8-14/h11-14,17H,5-9H2,1-4H3. The largest absolute Gasteiger partial charge is 0.301 e. The van der Waals surface area contributed by atoms with Gasteiger partial charge in [-0.25, -0.2) is 0 Å². The third-order valence-corrected chi connectivity index (χ3v) is 4.69. The highest BCUT2D eigenvalue weighted by molar-refractivity contribution is 5.08. The van der Waals surface area contributed by atoms with E-state index in [0.717, 1.165) is 12.3 Å². The number of rotatable bonds is 7. The van der Waals surface area contributed by atoms with Gasteiger partial charge >= 0.3 is 0 Å². The molecule has 3 unspecified atom stereocenters. The average molecular weight is 249 g/mol. The van der Waals surface area contributed by atoms with E-state index in [1.54, 1.807) is 0 Å². The molecule has 0 radical (unpaired) electrons. The van der Waals surface area contributed by atoms with Crippen LogP contribution in [0.1, 0.15) is 52.9 Å². The molecule has 102 valence electrons. The highest BCUT2D eigenvalue weighted by Gasteiger charge is 2.37. The molecule has 0 aromatic heterocycles. The molecule has 0 spiro atoms. The quantitative estimate of drug-likeness (QED) is 0.753. The zero-order valence-corrected chi connectivity index (χ0v) is 12.2. The maximum atomic E-state index is 9.42. The predicted molar refractivity (Wildman–Crippen MR) is 74.2 cm³/mol. The van der Waals surface area contributed by atoms with Gasteiger partial charge in [0, 0.05) is 18.1 Å². The second kappa shape index (κ2) is 5.19. The second-order valence-corrected chi connectivity index (χ2v) is 6.66. The van der Waals surface area contributed by atoms with E-state index < -0.39 is 0 Å². The Balaban J connectivity index is 1.87. The fourth-order valence-electron chi connectivity index (χ4n) is 2.86. The molecule has 3 heteroatoms. The topological polar surface area (TPSA) is 39.1 Å². The van der Waals surface area contributed by atoms with Crippen molar-refractivity contribution in [3.05, 3.63) is 0 Å². The van der Waals surface area contributed by atoms with Crippen LogP contribution >= 0.6 is 0 Å². The van der Waals surface area contributed by atoms with Crippen LogP contribution in [0.15, 0.2) is 0 Å². The lowest BCUT2D eigenvalue weighted by Gasteiger charge is -2.35. The smallest absolute Gasteiger partial charge is 0.105 e. The summed E-state index contributed by atoms with van der Waals surface area (Å²) in [4.78, 5) is 2.46. The maximum Gasteiger partial charge on any atom is 0.105 e. The summed E-state index contributed by atoms with van der Waals surface area (Å²) in [6.45, 7) is 6.63. The molecule has 0 saturated heterocycles. The zero-order chi connectivity index (χ0) is 13.3. The Morgan fingerprint density at radius 2 is 1.94 bits per heavy atom. The van der Waals surface area contributed by atoms with Crippen molar-refractivity contribution in [1.82, 2.24) is 10.2 Å². The van der Waals surface area contributed by atoms with Crippen LogP contribution in [0.25, 0.3) is 0 Å². The molecule has 1 N–H and O–H groups in total. The van der Waals surface area contributed by atoms with Crippen LogP contribution in [0.4, 0.5) is 0 Å². The molecule has 0 aromatic carbocycles. The molecule has 0 bridgehead atoms. The van der Waals surface area contributed by atoms with Gasteiger partial charge in [-0.1, -0.05) is 0 Å². The van der Waals surface area contributed by atoms with Crippen molar-refractivity contribution in [2.24, 2.45) is 5.92 Å². The third-order valence-electron chi connectivity index (χ3n) is 4.69. The number of nitrogens with zero attached hydrogens (tertiary/aromatic N) is 2. The Morgan fingerprint density at radius 1 is 1.33 bits per heavy atom. The van der Waals surface area contributed by atoms with E-state index in [1.165, 1.54) is 25.7 Å². The van der Waals surface area contributed by atoms with Gasteiger partial charge in [0.25, 0.3) is 0 Å². The SMILES string of the molecule is CC(CC(C)(C#N)NC1CC1)N(C)C(C)C1CC1. The van der Waals surface area contributed by atoms with Gasteiger partial charge in [-0.15, -0.1) is 0 Å². The minimum Gasteiger partial charge on any atom is -0.301 e. The Labute approximate surface area is 112 Å². The summed E-state index contributed by atoms with van der Waals surface area (Å²) in [5, 5.41) is 12.9. The van der Waals surface area contributed by atoms with E-state index in [9.17, 15) is 5.26 Å². The molecule has 2 aliphatic rings. The summed E-state index contributed by atoms with van der Waals surface area (Å²) in [5.74, 6) is 0.891. The summed E-state index contributed by atoms with van der Waals surface area (Å²) in [6, 6.07) is 4.18. The molecule has 3 atom stereocenters. The Morgan fingerprint density at radius 3 is 2.39 bits per heavy atom. The van der Waals surface area contributed by atoms with Crippen molar-refractivity contribution >= 4 is 0 Å². The van der Waals surface area contributed by atoms with Crippen molar-refractivity contribution in [2.75, 3.05) is 7.05 Å². The van der Waals surface area contributed by atoms with Gasteiger partial charge in [0.05, 0.1) is 6.07 Å². The summed E-state index contributed by atoms with van der Waals surface area (Å²) in [5.41, 5.74) is -0.363. The normalized spacial score (nSPS) is 26.4. The molecule has 2 saturated carbocycles. The fraction of sp³-hybridized carbons (Fsp3) is 0.933. The molecule has 2 aliphatic carbocycles. The summed E-state index contributed by atoms with van der Waals surface area (Å²) in [6.07, 6.45) is 6.15. The van der Waals surface area contributed by atoms with Gasteiger partial charge in [0.15, 0.2) is 0 Å². The minimum absolute atomic E-state index is 0.363. The number of hydrogen-bond acceptors (Lipinski definition) is 3. The van der Waals surface area contributed by atoms with Crippen LogP contribution in [0.3, 0.4) is 0 Å².